The Hall–Kier alpha value is -4.24. The third kappa shape index (κ3) is 5.22. The van der Waals surface area contributed by atoms with Gasteiger partial charge in [-0.15, -0.1) is 0 Å². The number of piperidine rings is 1. The Kier molecular flexibility index (Phi) is 6.98. The van der Waals surface area contributed by atoms with E-state index in [0.29, 0.717) is 69.2 Å². The zero-order valence-electron chi connectivity index (χ0n) is 21.4. The van der Waals surface area contributed by atoms with Gasteiger partial charge in [0.1, 0.15) is 11.4 Å². The number of furan rings is 1. The van der Waals surface area contributed by atoms with Gasteiger partial charge in [0.05, 0.1) is 30.9 Å². The van der Waals surface area contributed by atoms with E-state index in [4.69, 9.17) is 9.15 Å². The summed E-state index contributed by atoms with van der Waals surface area (Å²) in [6.45, 7) is 3.68. The van der Waals surface area contributed by atoms with Crippen LogP contribution >= 0.6 is 0 Å². The number of carbonyl (C=O) groups is 2. The Balaban J connectivity index is 1.07. The van der Waals surface area contributed by atoms with Gasteiger partial charge in [0.25, 0.3) is 5.91 Å². The molecule has 0 spiro atoms. The van der Waals surface area contributed by atoms with Crippen LogP contribution in [0.5, 0.6) is 0 Å². The van der Waals surface area contributed by atoms with Crippen LogP contribution in [-0.2, 0) is 9.53 Å². The number of aromatic nitrogens is 1. The molecule has 0 unspecified atom stereocenters. The average molecular weight is 529 g/mol. The topological polar surface area (TPSA) is 87.9 Å². The molecule has 0 aliphatic carbocycles. The molecule has 0 saturated carbocycles. The minimum Gasteiger partial charge on any atom is -0.464 e. The summed E-state index contributed by atoms with van der Waals surface area (Å²) >= 11 is 0. The lowest BCUT2D eigenvalue weighted by Gasteiger charge is -2.36. The van der Waals surface area contributed by atoms with E-state index in [9.17, 15) is 9.59 Å². The summed E-state index contributed by atoms with van der Waals surface area (Å²) in [4.78, 5) is 33.9. The Labute approximate surface area is 225 Å². The van der Waals surface area contributed by atoms with Crippen molar-refractivity contribution in [2.45, 2.75) is 12.8 Å². The number of nitrogens with zero attached hydrogens (tertiary/aromatic N) is 3. The smallest absolute Gasteiger partial charge is 0.255 e. The van der Waals surface area contributed by atoms with Crippen molar-refractivity contribution in [2.24, 2.45) is 5.92 Å². The standard InChI is InChI=1S/C30H29FN4O4/c31-25-19-23(5-6-26(25)34-12-8-22(9-13-34)30(37)35-14-17-38-18-15-35)33-29(36)21-3-1-20(2-4-21)28-24-10-16-39-27(24)7-11-32-28/h1-7,10-11,16,19,22H,8-9,12-15,17-18H2,(H,33,36). The molecule has 2 aromatic carbocycles. The Morgan fingerprint density at radius 1 is 0.949 bits per heavy atom. The molecule has 2 aliphatic heterocycles. The van der Waals surface area contributed by atoms with Crippen molar-refractivity contribution in [3.05, 3.63) is 78.4 Å². The number of amides is 2. The predicted octanol–water partition coefficient (Wildman–Crippen LogP) is 4.96. The molecule has 4 heterocycles. The lowest BCUT2D eigenvalue weighted by molar-refractivity contribution is -0.140. The van der Waals surface area contributed by atoms with Crippen LogP contribution in [0.3, 0.4) is 0 Å². The molecule has 2 fully saturated rings. The second-order valence-electron chi connectivity index (χ2n) is 9.89. The monoisotopic (exact) mass is 528 g/mol. The van der Waals surface area contributed by atoms with Gasteiger partial charge in [0, 0.05) is 60.5 Å². The van der Waals surface area contributed by atoms with Crippen molar-refractivity contribution in [3.8, 4) is 11.3 Å². The van der Waals surface area contributed by atoms with E-state index in [0.717, 1.165) is 22.2 Å². The van der Waals surface area contributed by atoms with Crippen LogP contribution in [0.4, 0.5) is 15.8 Å². The van der Waals surface area contributed by atoms with Gasteiger partial charge in [-0.1, -0.05) is 12.1 Å². The molecule has 9 heteroatoms. The van der Waals surface area contributed by atoms with Crippen molar-refractivity contribution in [3.63, 3.8) is 0 Å². The summed E-state index contributed by atoms with van der Waals surface area (Å²) in [5.74, 6) is -0.582. The number of anilines is 2. The number of morpholine rings is 1. The van der Waals surface area contributed by atoms with Gasteiger partial charge in [-0.3, -0.25) is 14.6 Å². The molecule has 200 valence electrons. The second-order valence-corrected chi connectivity index (χ2v) is 9.89. The summed E-state index contributed by atoms with van der Waals surface area (Å²) in [6.07, 6.45) is 4.69. The van der Waals surface area contributed by atoms with Gasteiger partial charge in [0.2, 0.25) is 5.91 Å². The number of ether oxygens (including phenoxy) is 1. The first kappa shape index (κ1) is 25.1. The quantitative estimate of drug-likeness (QED) is 0.394. The third-order valence-corrected chi connectivity index (χ3v) is 7.51. The fourth-order valence-electron chi connectivity index (χ4n) is 5.36. The van der Waals surface area contributed by atoms with Crippen molar-refractivity contribution in [1.82, 2.24) is 9.88 Å². The Morgan fingerprint density at radius 2 is 1.72 bits per heavy atom. The van der Waals surface area contributed by atoms with E-state index in [1.54, 1.807) is 42.8 Å². The molecule has 1 N–H and O–H groups in total. The minimum absolute atomic E-state index is 0.0317. The summed E-state index contributed by atoms with van der Waals surface area (Å²) in [5, 5.41) is 3.68. The number of halogens is 1. The molecule has 0 bridgehead atoms. The van der Waals surface area contributed by atoms with Crippen molar-refractivity contribution in [1.29, 1.82) is 0 Å². The molecule has 8 nitrogen and oxygen atoms in total. The van der Waals surface area contributed by atoms with Crippen molar-refractivity contribution in [2.75, 3.05) is 49.6 Å². The van der Waals surface area contributed by atoms with Gasteiger partial charge in [-0.05, 0) is 55.3 Å². The first-order valence-electron chi connectivity index (χ1n) is 13.2. The highest BCUT2D eigenvalue weighted by molar-refractivity contribution is 6.04. The number of rotatable bonds is 5. The van der Waals surface area contributed by atoms with Crippen LogP contribution in [0.15, 0.2) is 71.5 Å². The van der Waals surface area contributed by atoms with Crippen LogP contribution < -0.4 is 10.2 Å². The maximum absolute atomic E-state index is 15.1. The van der Waals surface area contributed by atoms with Gasteiger partial charge >= 0.3 is 0 Å². The zero-order valence-corrected chi connectivity index (χ0v) is 21.4. The molecular formula is C30H29FN4O4. The zero-order chi connectivity index (χ0) is 26.8. The summed E-state index contributed by atoms with van der Waals surface area (Å²) in [5.41, 5.74) is 3.71. The number of fused-ring (bicyclic) bond motifs is 1. The number of carbonyl (C=O) groups excluding carboxylic acids is 2. The van der Waals surface area contributed by atoms with E-state index in [-0.39, 0.29) is 17.7 Å². The number of pyridine rings is 1. The molecule has 2 aromatic heterocycles. The number of hydrogen-bond acceptors (Lipinski definition) is 6. The average Bonchev–Trinajstić information content (AvgIpc) is 3.47. The molecule has 2 saturated heterocycles. The lowest BCUT2D eigenvalue weighted by atomic mass is 9.94. The number of benzene rings is 2. The van der Waals surface area contributed by atoms with E-state index in [1.807, 2.05) is 28.0 Å². The number of hydrogen-bond donors (Lipinski definition) is 1. The van der Waals surface area contributed by atoms with Crippen LogP contribution in [-0.4, -0.2) is 61.1 Å². The summed E-state index contributed by atoms with van der Waals surface area (Å²) in [7, 11) is 0. The second kappa shape index (κ2) is 10.9. The first-order chi connectivity index (χ1) is 19.1. The van der Waals surface area contributed by atoms with Gasteiger partial charge < -0.3 is 24.3 Å². The van der Waals surface area contributed by atoms with E-state index < -0.39 is 5.82 Å². The van der Waals surface area contributed by atoms with Crippen molar-refractivity contribution >= 4 is 34.2 Å². The molecular weight excluding hydrogens is 499 g/mol. The molecule has 2 aliphatic rings. The normalized spacial score (nSPS) is 16.4. The van der Waals surface area contributed by atoms with Crippen LogP contribution in [0, 0.1) is 11.7 Å². The largest absolute Gasteiger partial charge is 0.464 e. The fourth-order valence-corrected chi connectivity index (χ4v) is 5.36. The molecule has 4 aromatic rings. The van der Waals surface area contributed by atoms with Crippen molar-refractivity contribution < 1.29 is 23.1 Å². The van der Waals surface area contributed by atoms with E-state index in [2.05, 4.69) is 10.3 Å². The maximum atomic E-state index is 15.1. The third-order valence-electron chi connectivity index (χ3n) is 7.51. The lowest BCUT2D eigenvalue weighted by Crippen LogP contribution is -2.46. The highest BCUT2D eigenvalue weighted by atomic mass is 19.1. The van der Waals surface area contributed by atoms with E-state index >= 15 is 4.39 Å². The highest BCUT2D eigenvalue weighted by Gasteiger charge is 2.30. The molecule has 0 radical (unpaired) electrons. The summed E-state index contributed by atoms with van der Waals surface area (Å²) in [6, 6.07) is 15.5. The highest BCUT2D eigenvalue weighted by Crippen LogP contribution is 2.30. The van der Waals surface area contributed by atoms with Crippen LogP contribution in [0.1, 0.15) is 23.2 Å². The fraction of sp³-hybridized carbons (Fsp3) is 0.300. The summed E-state index contributed by atoms with van der Waals surface area (Å²) < 4.78 is 25.9. The molecule has 0 atom stereocenters. The predicted molar refractivity (Wildman–Crippen MR) is 146 cm³/mol. The molecule has 39 heavy (non-hydrogen) atoms. The minimum atomic E-state index is -0.402. The maximum Gasteiger partial charge on any atom is 0.255 e. The van der Waals surface area contributed by atoms with Crippen LogP contribution in [0.25, 0.3) is 22.2 Å². The SMILES string of the molecule is O=C(Nc1ccc(N2CCC(C(=O)N3CCOCC3)CC2)c(F)c1)c1ccc(-c2nccc3occc23)cc1. The molecule has 2 amide bonds. The van der Waals surface area contributed by atoms with E-state index in [1.165, 1.54) is 6.07 Å². The first-order valence-corrected chi connectivity index (χ1v) is 13.2. The van der Waals surface area contributed by atoms with Gasteiger partial charge in [0.15, 0.2) is 0 Å². The van der Waals surface area contributed by atoms with Gasteiger partial charge in [-0.25, -0.2) is 4.39 Å². The number of nitrogens with one attached hydrogen (secondary N) is 1. The van der Waals surface area contributed by atoms with Gasteiger partial charge in [-0.2, -0.15) is 0 Å². The molecule has 6 rings (SSSR count). The Morgan fingerprint density at radius 3 is 2.46 bits per heavy atom. The Bertz CT molecular complexity index is 1490. The van der Waals surface area contributed by atoms with Crippen LogP contribution in [0.2, 0.25) is 0 Å².